The summed E-state index contributed by atoms with van der Waals surface area (Å²) in [4.78, 5) is 12.1. The zero-order valence-corrected chi connectivity index (χ0v) is 15.3. The smallest absolute Gasteiger partial charge is 0.226 e. The minimum absolute atomic E-state index is 0.104. The Morgan fingerprint density at radius 1 is 1.22 bits per heavy atom. The molecule has 0 aliphatic carbocycles. The molecule has 2 rings (SSSR count). The van der Waals surface area contributed by atoms with Gasteiger partial charge in [0.2, 0.25) is 5.91 Å². The van der Waals surface area contributed by atoms with Gasteiger partial charge in [0.1, 0.15) is 5.75 Å². The van der Waals surface area contributed by atoms with Crippen LogP contribution in [0, 0.1) is 6.92 Å². The number of ether oxygens (including phenoxy) is 1. The number of methoxy groups -OCH3 is 1. The number of aryl methyl sites for hydroxylation is 1. The summed E-state index contributed by atoms with van der Waals surface area (Å²) in [7, 11) is 1.55. The molecule has 4 nitrogen and oxygen atoms in total. The van der Waals surface area contributed by atoms with Crippen LogP contribution in [0.4, 0.5) is 11.4 Å². The Labute approximate surface area is 149 Å². The lowest BCUT2D eigenvalue weighted by molar-refractivity contribution is -0.116. The molecular formula is C17H18BrClN2O2. The van der Waals surface area contributed by atoms with Crippen LogP contribution in [0.25, 0.3) is 0 Å². The van der Waals surface area contributed by atoms with Gasteiger partial charge in [-0.15, -0.1) is 0 Å². The zero-order valence-electron chi connectivity index (χ0n) is 13.0. The molecule has 23 heavy (non-hydrogen) atoms. The van der Waals surface area contributed by atoms with Gasteiger partial charge in [0.25, 0.3) is 0 Å². The van der Waals surface area contributed by atoms with Crippen molar-refractivity contribution >= 4 is 44.8 Å². The molecule has 0 spiro atoms. The molecule has 0 aliphatic rings. The number of benzene rings is 2. The van der Waals surface area contributed by atoms with E-state index in [2.05, 4.69) is 26.6 Å². The highest BCUT2D eigenvalue weighted by molar-refractivity contribution is 9.10. The van der Waals surface area contributed by atoms with Crippen molar-refractivity contribution in [3.63, 3.8) is 0 Å². The second-order valence-electron chi connectivity index (χ2n) is 5.03. The minimum atomic E-state index is -0.104. The number of rotatable bonds is 6. The van der Waals surface area contributed by atoms with Gasteiger partial charge < -0.3 is 15.4 Å². The maximum Gasteiger partial charge on any atom is 0.226 e. The second kappa shape index (κ2) is 8.22. The predicted molar refractivity (Wildman–Crippen MR) is 98.6 cm³/mol. The molecule has 2 aromatic rings. The SMILES string of the molecule is COc1ccc(Cl)cc1NC(=O)CCNc1ccc(Br)cc1C. The molecule has 0 unspecified atom stereocenters. The van der Waals surface area contributed by atoms with Crippen molar-refractivity contribution in [2.75, 3.05) is 24.3 Å². The number of anilines is 2. The van der Waals surface area contributed by atoms with Crippen LogP contribution >= 0.6 is 27.5 Å². The van der Waals surface area contributed by atoms with Crippen molar-refractivity contribution in [2.45, 2.75) is 13.3 Å². The Kier molecular flexibility index (Phi) is 6.30. The van der Waals surface area contributed by atoms with Gasteiger partial charge in [-0.1, -0.05) is 27.5 Å². The lowest BCUT2D eigenvalue weighted by atomic mass is 10.2. The highest BCUT2D eigenvalue weighted by atomic mass is 79.9. The van der Waals surface area contributed by atoms with Gasteiger partial charge in [-0.05, 0) is 48.9 Å². The second-order valence-corrected chi connectivity index (χ2v) is 6.38. The Morgan fingerprint density at radius 3 is 2.70 bits per heavy atom. The number of nitrogens with one attached hydrogen (secondary N) is 2. The normalized spacial score (nSPS) is 10.3. The third-order valence-corrected chi connectivity index (χ3v) is 4.02. The van der Waals surface area contributed by atoms with Crippen molar-refractivity contribution in [1.29, 1.82) is 0 Å². The van der Waals surface area contributed by atoms with Gasteiger partial charge in [0, 0.05) is 28.1 Å². The highest BCUT2D eigenvalue weighted by Gasteiger charge is 2.08. The van der Waals surface area contributed by atoms with E-state index in [1.165, 1.54) is 0 Å². The topological polar surface area (TPSA) is 50.4 Å². The summed E-state index contributed by atoms with van der Waals surface area (Å²) in [5, 5.41) is 6.62. The number of amides is 1. The molecule has 122 valence electrons. The standard InChI is InChI=1S/C17H18BrClN2O2/c1-11-9-12(18)3-5-14(11)20-8-7-17(22)21-15-10-13(19)4-6-16(15)23-2/h3-6,9-10,20H,7-8H2,1-2H3,(H,21,22). The first-order chi connectivity index (χ1) is 11.0. The fourth-order valence-electron chi connectivity index (χ4n) is 2.13. The van der Waals surface area contributed by atoms with E-state index in [0.717, 1.165) is 15.7 Å². The molecule has 0 radical (unpaired) electrons. The van der Waals surface area contributed by atoms with Gasteiger partial charge in [-0.3, -0.25) is 4.79 Å². The summed E-state index contributed by atoms with van der Waals surface area (Å²) < 4.78 is 6.24. The molecule has 0 saturated heterocycles. The molecule has 0 bridgehead atoms. The Hall–Kier alpha value is -1.72. The summed E-state index contributed by atoms with van der Waals surface area (Å²) in [6.45, 7) is 2.56. The van der Waals surface area contributed by atoms with Crippen LogP contribution in [0.5, 0.6) is 5.75 Å². The summed E-state index contributed by atoms with van der Waals surface area (Å²) in [6.07, 6.45) is 0.338. The highest BCUT2D eigenvalue weighted by Crippen LogP contribution is 2.27. The molecule has 0 atom stereocenters. The van der Waals surface area contributed by atoms with E-state index in [1.54, 1.807) is 25.3 Å². The maximum absolute atomic E-state index is 12.1. The number of carbonyl (C=O) groups excluding carboxylic acids is 1. The van der Waals surface area contributed by atoms with Crippen LogP contribution in [0.3, 0.4) is 0 Å². The molecular weight excluding hydrogens is 380 g/mol. The van der Waals surface area contributed by atoms with Gasteiger partial charge in [-0.2, -0.15) is 0 Å². The van der Waals surface area contributed by atoms with E-state index in [1.807, 2.05) is 25.1 Å². The summed E-state index contributed by atoms with van der Waals surface area (Å²) in [6, 6.07) is 11.1. The Balaban J connectivity index is 1.89. The predicted octanol–water partition coefficient (Wildman–Crippen LogP) is 4.86. The fraction of sp³-hybridized carbons (Fsp3) is 0.235. The van der Waals surface area contributed by atoms with Crippen molar-refractivity contribution in [1.82, 2.24) is 0 Å². The van der Waals surface area contributed by atoms with Crippen LogP contribution in [-0.2, 0) is 4.79 Å². The Morgan fingerprint density at radius 2 is 2.00 bits per heavy atom. The summed E-state index contributed by atoms with van der Waals surface area (Å²) in [5.74, 6) is 0.479. The molecule has 0 aliphatic heterocycles. The van der Waals surface area contributed by atoms with Gasteiger partial charge in [0.15, 0.2) is 0 Å². The first kappa shape index (κ1) is 17.6. The van der Waals surface area contributed by atoms with E-state index < -0.39 is 0 Å². The van der Waals surface area contributed by atoms with E-state index in [0.29, 0.717) is 29.4 Å². The number of carbonyl (C=O) groups is 1. The molecule has 0 heterocycles. The van der Waals surface area contributed by atoms with Crippen molar-refractivity contribution in [3.8, 4) is 5.75 Å². The zero-order chi connectivity index (χ0) is 16.8. The van der Waals surface area contributed by atoms with E-state index >= 15 is 0 Å². The van der Waals surface area contributed by atoms with E-state index in [9.17, 15) is 4.79 Å². The summed E-state index contributed by atoms with van der Waals surface area (Å²) >= 11 is 9.38. The average Bonchev–Trinajstić information content (AvgIpc) is 2.50. The van der Waals surface area contributed by atoms with Crippen molar-refractivity contribution in [3.05, 3.63) is 51.5 Å². The number of halogens is 2. The molecule has 0 fully saturated rings. The van der Waals surface area contributed by atoms with E-state index in [4.69, 9.17) is 16.3 Å². The maximum atomic E-state index is 12.1. The van der Waals surface area contributed by atoms with Crippen LogP contribution < -0.4 is 15.4 Å². The third-order valence-electron chi connectivity index (χ3n) is 3.29. The number of hydrogen-bond acceptors (Lipinski definition) is 3. The molecule has 0 aromatic heterocycles. The van der Waals surface area contributed by atoms with Gasteiger partial charge in [-0.25, -0.2) is 0 Å². The average molecular weight is 398 g/mol. The molecule has 6 heteroatoms. The molecule has 1 amide bonds. The first-order valence-electron chi connectivity index (χ1n) is 7.13. The largest absolute Gasteiger partial charge is 0.495 e. The minimum Gasteiger partial charge on any atom is -0.495 e. The quantitative estimate of drug-likeness (QED) is 0.732. The van der Waals surface area contributed by atoms with Gasteiger partial charge in [0.05, 0.1) is 12.8 Å². The molecule has 2 N–H and O–H groups in total. The monoisotopic (exact) mass is 396 g/mol. The first-order valence-corrected chi connectivity index (χ1v) is 8.30. The Bertz CT molecular complexity index is 707. The summed E-state index contributed by atoms with van der Waals surface area (Å²) in [5.41, 5.74) is 2.71. The lowest BCUT2D eigenvalue weighted by Gasteiger charge is -2.12. The fourth-order valence-corrected chi connectivity index (χ4v) is 2.77. The van der Waals surface area contributed by atoms with Crippen LogP contribution in [0.1, 0.15) is 12.0 Å². The van der Waals surface area contributed by atoms with Crippen LogP contribution in [-0.4, -0.2) is 19.6 Å². The number of hydrogen-bond donors (Lipinski definition) is 2. The van der Waals surface area contributed by atoms with E-state index in [-0.39, 0.29) is 5.91 Å². The molecule has 2 aromatic carbocycles. The van der Waals surface area contributed by atoms with Gasteiger partial charge >= 0.3 is 0 Å². The lowest BCUT2D eigenvalue weighted by Crippen LogP contribution is -2.17. The third kappa shape index (κ3) is 5.15. The molecule has 0 saturated carbocycles. The van der Waals surface area contributed by atoms with Crippen molar-refractivity contribution < 1.29 is 9.53 Å². The van der Waals surface area contributed by atoms with Crippen LogP contribution in [0.2, 0.25) is 5.02 Å². The van der Waals surface area contributed by atoms with Crippen LogP contribution in [0.15, 0.2) is 40.9 Å². The van der Waals surface area contributed by atoms with Crippen molar-refractivity contribution in [2.24, 2.45) is 0 Å².